The highest BCUT2D eigenvalue weighted by molar-refractivity contribution is 7.13. The van der Waals surface area contributed by atoms with Crippen LogP contribution in [-0.4, -0.2) is 16.1 Å². The van der Waals surface area contributed by atoms with E-state index in [4.69, 9.17) is 16.3 Å². The number of aromatic nitrogens is 2. The number of benzene rings is 1. The van der Waals surface area contributed by atoms with E-state index in [-0.39, 0.29) is 6.10 Å². The van der Waals surface area contributed by atoms with Crippen LogP contribution < -0.4 is 10.1 Å². The van der Waals surface area contributed by atoms with Crippen LogP contribution in [0.15, 0.2) is 41.9 Å². The highest BCUT2D eigenvalue weighted by Crippen LogP contribution is 2.33. The summed E-state index contributed by atoms with van der Waals surface area (Å²) in [5, 5.41) is 6.05. The molecule has 28 heavy (non-hydrogen) atoms. The Balaban J connectivity index is 1.69. The number of rotatable bonds is 6. The Morgan fingerprint density at radius 1 is 1.21 bits per heavy atom. The standard InChI is InChI=1S/C19H17ClF3N3OS/c1-11(2)27-16-4-3-12(7-15(16)20)18-26-14(10-28-18)9-25-13-5-6-24-17(8-13)19(21,22)23/h3-8,10-11H,9H2,1-2H3,(H,24,25). The second-order valence-corrected chi connectivity index (χ2v) is 7.50. The molecular weight excluding hydrogens is 411 g/mol. The summed E-state index contributed by atoms with van der Waals surface area (Å²) in [6.45, 7) is 4.13. The number of ether oxygens (including phenoxy) is 1. The molecule has 0 saturated heterocycles. The SMILES string of the molecule is CC(C)Oc1ccc(-c2nc(CNc3ccnc(C(F)(F)F)c3)cs2)cc1Cl. The van der Waals surface area contributed by atoms with E-state index in [1.54, 1.807) is 12.1 Å². The van der Waals surface area contributed by atoms with E-state index in [1.165, 1.54) is 17.4 Å². The summed E-state index contributed by atoms with van der Waals surface area (Å²) in [5.74, 6) is 0.608. The lowest BCUT2D eigenvalue weighted by Crippen LogP contribution is -2.09. The molecule has 1 N–H and O–H groups in total. The topological polar surface area (TPSA) is 47.0 Å². The summed E-state index contributed by atoms with van der Waals surface area (Å²) in [5.41, 5.74) is 0.953. The van der Waals surface area contributed by atoms with Crippen molar-refractivity contribution in [2.75, 3.05) is 5.32 Å². The van der Waals surface area contributed by atoms with Gasteiger partial charge in [0.15, 0.2) is 0 Å². The van der Waals surface area contributed by atoms with Gasteiger partial charge in [-0.3, -0.25) is 4.98 Å². The normalized spacial score (nSPS) is 11.7. The van der Waals surface area contributed by atoms with Gasteiger partial charge in [0.1, 0.15) is 16.5 Å². The lowest BCUT2D eigenvalue weighted by molar-refractivity contribution is -0.141. The van der Waals surface area contributed by atoms with Gasteiger partial charge in [-0.05, 0) is 44.2 Å². The van der Waals surface area contributed by atoms with Gasteiger partial charge in [0.25, 0.3) is 0 Å². The smallest absolute Gasteiger partial charge is 0.433 e. The predicted octanol–water partition coefficient (Wildman–Crippen LogP) is 6.28. The minimum Gasteiger partial charge on any atom is -0.489 e. The van der Waals surface area contributed by atoms with Crippen molar-refractivity contribution < 1.29 is 17.9 Å². The molecule has 0 unspecified atom stereocenters. The Kier molecular flexibility index (Phi) is 6.10. The molecule has 0 saturated carbocycles. The van der Waals surface area contributed by atoms with E-state index in [0.29, 0.717) is 28.7 Å². The molecule has 4 nitrogen and oxygen atoms in total. The van der Waals surface area contributed by atoms with E-state index in [1.807, 2.05) is 25.3 Å². The largest absolute Gasteiger partial charge is 0.489 e. The Morgan fingerprint density at radius 2 is 2.00 bits per heavy atom. The third-order valence-corrected chi connectivity index (χ3v) is 4.85. The molecule has 3 aromatic rings. The zero-order valence-electron chi connectivity index (χ0n) is 15.0. The third-order valence-electron chi connectivity index (χ3n) is 3.62. The van der Waals surface area contributed by atoms with E-state index in [2.05, 4.69) is 15.3 Å². The molecule has 3 rings (SSSR count). The Bertz CT molecular complexity index is 960. The van der Waals surface area contributed by atoms with E-state index >= 15 is 0 Å². The van der Waals surface area contributed by atoms with Crippen LogP contribution >= 0.6 is 22.9 Å². The predicted molar refractivity (Wildman–Crippen MR) is 105 cm³/mol. The molecule has 0 radical (unpaired) electrons. The summed E-state index contributed by atoms with van der Waals surface area (Å²) in [7, 11) is 0. The van der Waals surface area contributed by atoms with E-state index in [9.17, 15) is 13.2 Å². The summed E-state index contributed by atoms with van der Waals surface area (Å²) >= 11 is 7.70. The zero-order chi connectivity index (χ0) is 20.3. The molecule has 0 atom stereocenters. The van der Waals surface area contributed by atoms with Gasteiger partial charge in [-0.2, -0.15) is 13.2 Å². The molecule has 9 heteroatoms. The lowest BCUT2D eigenvalue weighted by atomic mass is 10.2. The number of nitrogens with zero attached hydrogens (tertiary/aromatic N) is 2. The first kappa shape index (κ1) is 20.4. The molecule has 0 bridgehead atoms. The van der Waals surface area contributed by atoms with Gasteiger partial charge < -0.3 is 10.1 Å². The van der Waals surface area contributed by atoms with Gasteiger partial charge in [-0.25, -0.2) is 4.98 Å². The van der Waals surface area contributed by atoms with Crippen molar-refractivity contribution in [2.24, 2.45) is 0 Å². The van der Waals surface area contributed by atoms with Crippen LogP contribution in [0.1, 0.15) is 25.2 Å². The van der Waals surface area contributed by atoms with Gasteiger partial charge in [-0.15, -0.1) is 11.3 Å². The fourth-order valence-electron chi connectivity index (χ4n) is 2.39. The third kappa shape index (κ3) is 5.14. The Labute approximate surface area is 169 Å². The molecule has 0 fully saturated rings. The van der Waals surface area contributed by atoms with Crippen LogP contribution in [0, 0.1) is 0 Å². The first-order valence-corrected chi connectivity index (χ1v) is 9.66. The minimum atomic E-state index is -4.48. The molecular formula is C19H17ClF3N3OS. The van der Waals surface area contributed by atoms with Crippen molar-refractivity contribution in [3.63, 3.8) is 0 Å². The van der Waals surface area contributed by atoms with Gasteiger partial charge in [0, 0.05) is 22.8 Å². The van der Waals surface area contributed by atoms with Crippen molar-refractivity contribution in [1.82, 2.24) is 9.97 Å². The van der Waals surface area contributed by atoms with Gasteiger partial charge in [-0.1, -0.05) is 11.6 Å². The van der Waals surface area contributed by atoms with E-state index in [0.717, 1.165) is 22.8 Å². The number of hydrogen-bond acceptors (Lipinski definition) is 5. The van der Waals surface area contributed by atoms with Crippen LogP contribution in [0.25, 0.3) is 10.6 Å². The van der Waals surface area contributed by atoms with Gasteiger partial charge >= 0.3 is 6.18 Å². The monoisotopic (exact) mass is 427 g/mol. The maximum absolute atomic E-state index is 12.7. The maximum atomic E-state index is 12.7. The lowest BCUT2D eigenvalue weighted by Gasteiger charge is -2.11. The maximum Gasteiger partial charge on any atom is 0.433 e. The van der Waals surface area contributed by atoms with Crippen molar-refractivity contribution in [3.8, 4) is 16.3 Å². The molecule has 2 heterocycles. The summed E-state index contributed by atoms with van der Waals surface area (Å²) < 4.78 is 43.8. The van der Waals surface area contributed by atoms with Crippen molar-refractivity contribution in [1.29, 1.82) is 0 Å². The zero-order valence-corrected chi connectivity index (χ0v) is 16.6. The fourth-order valence-corrected chi connectivity index (χ4v) is 3.43. The van der Waals surface area contributed by atoms with Crippen LogP contribution in [0.5, 0.6) is 5.75 Å². The first-order valence-electron chi connectivity index (χ1n) is 8.40. The quantitative estimate of drug-likeness (QED) is 0.503. The van der Waals surface area contributed by atoms with Crippen LogP contribution in [0.3, 0.4) is 0 Å². The number of thiazole rings is 1. The number of anilines is 1. The van der Waals surface area contributed by atoms with Crippen LogP contribution in [0.2, 0.25) is 5.02 Å². The van der Waals surface area contributed by atoms with Crippen LogP contribution in [0.4, 0.5) is 18.9 Å². The molecule has 0 aliphatic heterocycles. The van der Waals surface area contributed by atoms with Gasteiger partial charge in [0.05, 0.1) is 23.4 Å². The summed E-state index contributed by atoms with van der Waals surface area (Å²) in [6, 6.07) is 7.91. The Hall–Kier alpha value is -2.32. The molecule has 0 amide bonds. The second kappa shape index (κ2) is 8.36. The molecule has 2 aromatic heterocycles. The molecule has 0 aliphatic rings. The summed E-state index contributed by atoms with van der Waals surface area (Å²) in [6.07, 6.45) is -3.33. The van der Waals surface area contributed by atoms with Crippen molar-refractivity contribution in [3.05, 3.63) is 58.3 Å². The van der Waals surface area contributed by atoms with E-state index < -0.39 is 11.9 Å². The molecule has 0 aliphatic carbocycles. The second-order valence-electron chi connectivity index (χ2n) is 6.24. The average Bonchev–Trinajstić information content (AvgIpc) is 3.10. The fraction of sp³-hybridized carbons (Fsp3) is 0.263. The van der Waals surface area contributed by atoms with Gasteiger partial charge in [0.2, 0.25) is 0 Å². The number of nitrogens with one attached hydrogen (secondary N) is 1. The number of alkyl halides is 3. The number of hydrogen-bond donors (Lipinski definition) is 1. The molecule has 148 valence electrons. The average molecular weight is 428 g/mol. The van der Waals surface area contributed by atoms with Crippen molar-refractivity contribution in [2.45, 2.75) is 32.7 Å². The Morgan fingerprint density at radius 3 is 2.68 bits per heavy atom. The highest BCUT2D eigenvalue weighted by Gasteiger charge is 2.32. The highest BCUT2D eigenvalue weighted by atomic mass is 35.5. The van der Waals surface area contributed by atoms with Crippen molar-refractivity contribution >= 4 is 28.6 Å². The molecule has 0 spiro atoms. The number of pyridine rings is 1. The first-order chi connectivity index (χ1) is 13.2. The number of halogens is 4. The summed E-state index contributed by atoms with van der Waals surface area (Å²) in [4.78, 5) is 7.86. The molecule has 1 aromatic carbocycles. The minimum absolute atomic E-state index is 0.0203. The van der Waals surface area contributed by atoms with Crippen LogP contribution in [-0.2, 0) is 12.7 Å².